The average molecular weight is 326 g/mol. The van der Waals surface area contributed by atoms with Crippen LogP contribution in [0.15, 0.2) is 59.8 Å². The Bertz CT molecular complexity index is 839. The van der Waals surface area contributed by atoms with Crippen LogP contribution < -0.4 is 5.43 Å². The first-order valence-electron chi connectivity index (χ1n) is 6.75. The van der Waals surface area contributed by atoms with Crippen LogP contribution in [0.5, 0.6) is 5.75 Å². The summed E-state index contributed by atoms with van der Waals surface area (Å²) in [5, 5.41) is 22.0. The van der Waals surface area contributed by atoms with Gasteiger partial charge in [0.2, 0.25) is 0 Å². The van der Waals surface area contributed by atoms with Crippen molar-refractivity contribution in [2.45, 2.75) is 0 Å². The third-order valence-corrected chi connectivity index (χ3v) is 3.22. The maximum atomic E-state index is 9.70. The van der Waals surface area contributed by atoms with E-state index in [1.54, 1.807) is 18.3 Å². The number of rotatable bonds is 4. The Kier molecular flexibility index (Phi) is 4.44. The van der Waals surface area contributed by atoms with Gasteiger partial charge in [-0.3, -0.25) is 0 Å². The zero-order chi connectivity index (χ0) is 16.1. The number of phenols is 1. The summed E-state index contributed by atoms with van der Waals surface area (Å²) >= 11 is 5.87. The summed E-state index contributed by atoms with van der Waals surface area (Å²) in [4.78, 5) is 4.33. The second-order valence-electron chi connectivity index (χ2n) is 4.60. The second-order valence-corrected chi connectivity index (χ2v) is 5.04. The predicted molar refractivity (Wildman–Crippen MR) is 89.6 cm³/mol. The van der Waals surface area contributed by atoms with Crippen LogP contribution in [0.1, 0.15) is 5.56 Å². The molecule has 0 radical (unpaired) electrons. The van der Waals surface area contributed by atoms with Gasteiger partial charge in [-0.05, 0) is 18.2 Å². The lowest BCUT2D eigenvalue weighted by Crippen LogP contribution is -2.00. The molecule has 0 spiro atoms. The number of anilines is 1. The lowest BCUT2D eigenvalue weighted by molar-refractivity contribution is 0.474. The third kappa shape index (κ3) is 3.81. The van der Waals surface area contributed by atoms with Crippen molar-refractivity contribution in [2.24, 2.45) is 5.10 Å². The summed E-state index contributed by atoms with van der Waals surface area (Å²) in [6.45, 7) is 0. The quantitative estimate of drug-likeness (QED) is 0.567. The smallest absolute Gasteiger partial charge is 0.263 e. The van der Waals surface area contributed by atoms with Crippen LogP contribution in [0, 0.1) is 0 Å². The highest BCUT2D eigenvalue weighted by Gasteiger charge is 2.02. The molecule has 0 atom stereocenters. The van der Waals surface area contributed by atoms with Crippen LogP contribution in [0.25, 0.3) is 11.3 Å². The molecule has 2 aromatic carbocycles. The summed E-state index contributed by atoms with van der Waals surface area (Å²) in [7, 11) is 0. The second kappa shape index (κ2) is 6.85. The van der Waals surface area contributed by atoms with Gasteiger partial charge in [0, 0.05) is 16.1 Å². The van der Waals surface area contributed by atoms with E-state index < -0.39 is 0 Å². The molecule has 114 valence electrons. The maximum Gasteiger partial charge on any atom is 0.263 e. The van der Waals surface area contributed by atoms with Crippen molar-refractivity contribution >= 4 is 23.8 Å². The first-order chi connectivity index (χ1) is 11.2. The van der Waals surface area contributed by atoms with Crippen LogP contribution >= 0.6 is 11.6 Å². The fraction of sp³-hybridized carbons (Fsp3) is 0. The summed E-state index contributed by atoms with van der Waals surface area (Å²) in [5.74, 6) is 0.334. The minimum absolute atomic E-state index is 0.0806. The zero-order valence-electron chi connectivity index (χ0n) is 11.9. The molecule has 2 N–H and O–H groups in total. The van der Waals surface area contributed by atoms with Gasteiger partial charge in [-0.15, -0.1) is 5.10 Å². The normalized spacial score (nSPS) is 10.8. The number of hydrazone groups is 1. The Balaban J connectivity index is 1.76. The molecule has 7 heteroatoms. The first-order valence-corrected chi connectivity index (χ1v) is 7.13. The lowest BCUT2D eigenvalue weighted by Gasteiger charge is -2.02. The van der Waals surface area contributed by atoms with Crippen molar-refractivity contribution in [2.75, 3.05) is 5.43 Å². The van der Waals surface area contributed by atoms with Crippen LogP contribution in [-0.2, 0) is 0 Å². The molecule has 1 aromatic heterocycles. The minimum Gasteiger partial charge on any atom is -0.507 e. The number of aromatic hydroxyl groups is 1. The van der Waals surface area contributed by atoms with E-state index in [-0.39, 0.29) is 11.7 Å². The summed E-state index contributed by atoms with van der Waals surface area (Å²) in [5.41, 5.74) is 4.78. The molecular formula is C16H12ClN5O. The maximum absolute atomic E-state index is 9.70. The highest BCUT2D eigenvalue weighted by atomic mass is 35.5. The van der Waals surface area contributed by atoms with E-state index in [0.717, 1.165) is 5.56 Å². The molecule has 0 unspecified atom stereocenters. The molecule has 0 aliphatic heterocycles. The molecule has 23 heavy (non-hydrogen) atoms. The minimum atomic E-state index is 0.0806. The van der Waals surface area contributed by atoms with Crippen molar-refractivity contribution < 1.29 is 5.11 Å². The molecule has 0 fully saturated rings. The van der Waals surface area contributed by atoms with Gasteiger partial charge in [0.15, 0.2) is 0 Å². The number of nitrogens with zero attached hydrogens (tertiary/aromatic N) is 4. The number of aromatic nitrogens is 3. The summed E-state index contributed by atoms with van der Waals surface area (Å²) in [6, 6.07) is 14.3. The van der Waals surface area contributed by atoms with E-state index in [4.69, 9.17) is 11.6 Å². The van der Waals surface area contributed by atoms with Crippen molar-refractivity contribution in [1.29, 1.82) is 0 Å². The van der Waals surface area contributed by atoms with Gasteiger partial charge in [-0.2, -0.15) is 10.2 Å². The van der Waals surface area contributed by atoms with Crippen LogP contribution in [-0.4, -0.2) is 26.5 Å². The predicted octanol–water partition coefficient (Wildman–Crippen LogP) is 3.34. The van der Waals surface area contributed by atoms with Crippen molar-refractivity contribution in [3.63, 3.8) is 0 Å². The van der Waals surface area contributed by atoms with Gasteiger partial charge in [0.25, 0.3) is 5.95 Å². The van der Waals surface area contributed by atoms with Gasteiger partial charge >= 0.3 is 0 Å². The molecule has 0 saturated heterocycles. The Morgan fingerprint density at radius 1 is 1.13 bits per heavy atom. The van der Waals surface area contributed by atoms with E-state index in [1.165, 1.54) is 12.3 Å². The Morgan fingerprint density at radius 2 is 1.96 bits per heavy atom. The largest absolute Gasteiger partial charge is 0.507 e. The molecule has 1 heterocycles. The summed E-state index contributed by atoms with van der Waals surface area (Å²) < 4.78 is 0. The topological polar surface area (TPSA) is 83.3 Å². The van der Waals surface area contributed by atoms with Crippen LogP contribution in [0.4, 0.5) is 5.95 Å². The van der Waals surface area contributed by atoms with Gasteiger partial charge < -0.3 is 5.11 Å². The van der Waals surface area contributed by atoms with E-state index in [1.807, 2.05) is 30.3 Å². The van der Waals surface area contributed by atoms with Gasteiger partial charge in [0.1, 0.15) is 5.75 Å². The molecular weight excluding hydrogens is 314 g/mol. The SMILES string of the molecule is Oc1ccc(Cl)cc1/C=N\Nc1nncc(-c2ccccc2)n1. The zero-order valence-corrected chi connectivity index (χ0v) is 12.6. The molecule has 6 nitrogen and oxygen atoms in total. The summed E-state index contributed by atoms with van der Waals surface area (Å²) in [6.07, 6.45) is 3.01. The Labute approximate surface area is 137 Å². The van der Waals surface area contributed by atoms with Crippen molar-refractivity contribution in [3.8, 4) is 17.0 Å². The fourth-order valence-corrected chi connectivity index (χ4v) is 2.07. The molecule has 3 rings (SSSR count). The number of hydrogen-bond donors (Lipinski definition) is 2. The number of nitrogens with one attached hydrogen (secondary N) is 1. The average Bonchev–Trinajstić information content (AvgIpc) is 2.59. The number of hydrogen-bond acceptors (Lipinski definition) is 6. The molecule has 0 aliphatic carbocycles. The molecule has 0 amide bonds. The van der Waals surface area contributed by atoms with Gasteiger partial charge in [-0.1, -0.05) is 41.9 Å². The Hall–Kier alpha value is -2.99. The van der Waals surface area contributed by atoms with Crippen molar-refractivity contribution in [1.82, 2.24) is 15.2 Å². The Morgan fingerprint density at radius 3 is 2.78 bits per heavy atom. The van der Waals surface area contributed by atoms with Crippen LogP contribution in [0.3, 0.4) is 0 Å². The van der Waals surface area contributed by atoms with E-state index in [9.17, 15) is 5.11 Å². The molecule has 3 aromatic rings. The van der Waals surface area contributed by atoms with E-state index in [2.05, 4.69) is 25.7 Å². The highest BCUT2D eigenvalue weighted by Crippen LogP contribution is 2.20. The highest BCUT2D eigenvalue weighted by molar-refractivity contribution is 6.30. The number of benzene rings is 2. The fourth-order valence-electron chi connectivity index (χ4n) is 1.89. The molecule has 0 bridgehead atoms. The molecule has 0 saturated carbocycles. The van der Waals surface area contributed by atoms with E-state index in [0.29, 0.717) is 16.3 Å². The standard InChI is InChI=1S/C16H12ClN5O/c17-13-6-7-15(23)12(8-13)9-18-21-16-20-14(10-19-22-16)11-4-2-1-3-5-11/h1-10,23H,(H,20,21,22)/b18-9-. The third-order valence-electron chi connectivity index (χ3n) is 2.99. The number of halogens is 1. The van der Waals surface area contributed by atoms with Gasteiger partial charge in [0.05, 0.1) is 18.1 Å². The monoisotopic (exact) mass is 325 g/mol. The lowest BCUT2D eigenvalue weighted by atomic mass is 10.2. The molecule has 0 aliphatic rings. The number of phenolic OH excluding ortho intramolecular Hbond substituents is 1. The first kappa shape index (κ1) is 14.9. The van der Waals surface area contributed by atoms with Crippen LogP contribution in [0.2, 0.25) is 5.02 Å². The van der Waals surface area contributed by atoms with Gasteiger partial charge in [-0.25, -0.2) is 10.4 Å². The van der Waals surface area contributed by atoms with E-state index >= 15 is 0 Å². The van der Waals surface area contributed by atoms with Crippen molar-refractivity contribution in [3.05, 3.63) is 65.3 Å².